The lowest BCUT2D eigenvalue weighted by Crippen LogP contribution is -2.30. The van der Waals surface area contributed by atoms with Crippen molar-refractivity contribution in [1.82, 2.24) is 5.32 Å². The van der Waals surface area contributed by atoms with Crippen LogP contribution in [0.4, 0.5) is 0 Å². The number of carbonyl (C=O) groups excluding carboxylic acids is 1. The van der Waals surface area contributed by atoms with Crippen LogP contribution in [0.2, 0.25) is 0 Å². The number of nitrogens with zero attached hydrogens (tertiary/aromatic N) is 1. The second-order valence-electron chi connectivity index (χ2n) is 4.57. The Morgan fingerprint density at radius 3 is 3.06 bits per heavy atom. The zero-order valence-electron chi connectivity index (χ0n) is 10.4. The van der Waals surface area contributed by atoms with E-state index in [1.807, 2.05) is 0 Å². The molecule has 18 heavy (non-hydrogen) atoms. The average Bonchev–Trinajstić information content (AvgIpc) is 2.40. The first-order chi connectivity index (χ1) is 8.75. The number of rotatable bonds is 4. The molecule has 1 aliphatic carbocycles. The van der Waals surface area contributed by atoms with Gasteiger partial charge < -0.3 is 10.5 Å². The van der Waals surface area contributed by atoms with Crippen LogP contribution in [0.5, 0.6) is 0 Å². The summed E-state index contributed by atoms with van der Waals surface area (Å²) in [6, 6.07) is 3.22. The van der Waals surface area contributed by atoms with E-state index >= 15 is 0 Å². The predicted molar refractivity (Wildman–Crippen MR) is 68.9 cm³/mol. The van der Waals surface area contributed by atoms with E-state index in [2.05, 4.69) is 11.4 Å². The van der Waals surface area contributed by atoms with Crippen LogP contribution < -0.4 is 10.0 Å². The third kappa shape index (κ3) is 3.58. The first kappa shape index (κ1) is 12.6. The maximum atomic E-state index is 11.8. The highest BCUT2D eigenvalue weighted by Crippen LogP contribution is 2.19. The fraction of sp³-hybridized carbons (Fsp3) is 0.429. The minimum Gasteiger partial charge on any atom is -0.619 e. The van der Waals surface area contributed by atoms with Gasteiger partial charge in [-0.15, -0.1) is 0 Å². The van der Waals surface area contributed by atoms with Crippen LogP contribution in [0.1, 0.15) is 42.5 Å². The molecule has 1 aromatic rings. The lowest BCUT2D eigenvalue weighted by atomic mass is 9.97. The largest absolute Gasteiger partial charge is 0.619 e. The molecule has 1 aliphatic rings. The van der Waals surface area contributed by atoms with Gasteiger partial charge in [0.1, 0.15) is 5.56 Å². The summed E-state index contributed by atoms with van der Waals surface area (Å²) in [6.07, 6.45) is 10.7. The molecule has 1 amide bonds. The van der Waals surface area contributed by atoms with Crippen LogP contribution in [0.25, 0.3) is 0 Å². The molecule has 0 aromatic carbocycles. The number of hydrogen-bond acceptors (Lipinski definition) is 2. The molecule has 0 atom stereocenters. The summed E-state index contributed by atoms with van der Waals surface area (Å²) in [6.45, 7) is 0.637. The van der Waals surface area contributed by atoms with Crippen LogP contribution in [-0.4, -0.2) is 12.5 Å². The van der Waals surface area contributed by atoms with E-state index in [0.29, 0.717) is 16.8 Å². The van der Waals surface area contributed by atoms with E-state index in [4.69, 9.17) is 0 Å². The van der Waals surface area contributed by atoms with Gasteiger partial charge in [0.15, 0.2) is 12.4 Å². The van der Waals surface area contributed by atoms with Gasteiger partial charge >= 0.3 is 0 Å². The number of hydrogen-bond donors (Lipinski definition) is 1. The summed E-state index contributed by atoms with van der Waals surface area (Å²) in [5.74, 6) is -0.184. The predicted octanol–water partition coefficient (Wildman–Crippen LogP) is 1.94. The molecule has 0 bridgehead atoms. The first-order valence-corrected chi connectivity index (χ1v) is 6.40. The van der Waals surface area contributed by atoms with Gasteiger partial charge in [-0.05, 0) is 38.2 Å². The van der Waals surface area contributed by atoms with Crippen molar-refractivity contribution in [2.75, 3.05) is 6.54 Å². The lowest BCUT2D eigenvalue weighted by molar-refractivity contribution is -0.605. The van der Waals surface area contributed by atoms with Crippen LogP contribution >= 0.6 is 0 Å². The lowest BCUT2D eigenvalue weighted by Gasteiger charge is -2.12. The Morgan fingerprint density at radius 1 is 1.44 bits per heavy atom. The molecule has 0 unspecified atom stereocenters. The Morgan fingerprint density at radius 2 is 2.33 bits per heavy atom. The molecule has 0 aliphatic heterocycles. The molecule has 0 saturated heterocycles. The highest BCUT2D eigenvalue weighted by atomic mass is 16.5. The average molecular weight is 246 g/mol. The second kappa shape index (κ2) is 6.19. The molecule has 4 nitrogen and oxygen atoms in total. The van der Waals surface area contributed by atoms with Crippen molar-refractivity contribution in [2.24, 2.45) is 0 Å². The Kier molecular flexibility index (Phi) is 4.34. The minimum absolute atomic E-state index is 0.184. The summed E-state index contributed by atoms with van der Waals surface area (Å²) >= 11 is 0. The normalized spacial score (nSPS) is 15.0. The third-order valence-corrected chi connectivity index (χ3v) is 3.15. The van der Waals surface area contributed by atoms with Crippen molar-refractivity contribution in [1.29, 1.82) is 0 Å². The Balaban J connectivity index is 1.79. The molecule has 0 fully saturated rings. The number of aromatic nitrogens is 1. The molecule has 0 radical (unpaired) electrons. The molecule has 1 N–H and O–H groups in total. The van der Waals surface area contributed by atoms with Crippen molar-refractivity contribution in [3.05, 3.63) is 46.9 Å². The van der Waals surface area contributed by atoms with Crippen molar-refractivity contribution in [3.8, 4) is 0 Å². The van der Waals surface area contributed by atoms with Crippen molar-refractivity contribution < 1.29 is 9.52 Å². The van der Waals surface area contributed by atoms with Crippen molar-refractivity contribution in [3.63, 3.8) is 0 Å². The summed E-state index contributed by atoms with van der Waals surface area (Å²) in [5, 5.41) is 13.9. The fourth-order valence-corrected chi connectivity index (χ4v) is 2.16. The van der Waals surface area contributed by atoms with Crippen molar-refractivity contribution >= 4 is 5.91 Å². The van der Waals surface area contributed by atoms with E-state index in [1.165, 1.54) is 30.8 Å². The van der Waals surface area contributed by atoms with Crippen LogP contribution in [0, 0.1) is 5.21 Å². The molecule has 96 valence electrons. The highest BCUT2D eigenvalue weighted by Gasteiger charge is 2.09. The second-order valence-corrected chi connectivity index (χ2v) is 4.57. The van der Waals surface area contributed by atoms with E-state index in [0.717, 1.165) is 19.3 Å². The number of amides is 1. The van der Waals surface area contributed by atoms with Crippen LogP contribution in [0.3, 0.4) is 0 Å². The molecule has 0 saturated carbocycles. The molecule has 0 spiro atoms. The molecule has 4 heteroatoms. The molecular formula is C14H18N2O2. The molecular weight excluding hydrogens is 228 g/mol. The standard InChI is InChI=1S/C14H18N2O2/c17-14(13-7-4-10-16(18)11-13)15-9-8-12-5-2-1-3-6-12/h4-5,7,10-11H,1-3,6,8-9H2,(H,15,17). The first-order valence-electron chi connectivity index (χ1n) is 6.40. The quantitative estimate of drug-likeness (QED) is 0.501. The van der Waals surface area contributed by atoms with Gasteiger partial charge in [0.05, 0.1) is 0 Å². The van der Waals surface area contributed by atoms with E-state index in [-0.39, 0.29) is 5.91 Å². The minimum atomic E-state index is -0.184. The maximum Gasteiger partial charge on any atom is 0.257 e. The summed E-state index contributed by atoms with van der Waals surface area (Å²) in [7, 11) is 0. The fourth-order valence-electron chi connectivity index (χ4n) is 2.16. The van der Waals surface area contributed by atoms with Gasteiger partial charge in [0.25, 0.3) is 5.91 Å². The van der Waals surface area contributed by atoms with Gasteiger partial charge in [-0.2, -0.15) is 4.73 Å². The van der Waals surface area contributed by atoms with E-state index < -0.39 is 0 Å². The topological polar surface area (TPSA) is 56.0 Å². The summed E-state index contributed by atoms with van der Waals surface area (Å²) in [5.41, 5.74) is 1.85. The number of carbonyl (C=O) groups is 1. The summed E-state index contributed by atoms with van der Waals surface area (Å²) in [4.78, 5) is 11.8. The third-order valence-electron chi connectivity index (χ3n) is 3.15. The van der Waals surface area contributed by atoms with E-state index in [9.17, 15) is 10.0 Å². The summed E-state index contributed by atoms with van der Waals surface area (Å²) < 4.78 is 0.637. The monoisotopic (exact) mass is 246 g/mol. The Hall–Kier alpha value is -1.84. The molecule has 1 aromatic heterocycles. The van der Waals surface area contributed by atoms with Crippen LogP contribution in [0.15, 0.2) is 36.2 Å². The molecule has 1 heterocycles. The Labute approximate surface area is 107 Å². The van der Waals surface area contributed by atoms with Crippen LogP contribution in [-0.2, 0) is 0 Å². The van der Waals surface area contributed by atoms with Gasteiger partial charge in [-0.3, -0.25) is 4.79 Å². The smallest absolute Gasteiger partial charge is 0.257 e. The van der Waals surface area contributed by atoms with Gasteiger partial charge in [0, 0.05) is 12.6 Å². The maximum absolute atomic E-state index is 11.8. The zero-order valence-corrected chi connectivity index (χ0v) is 10.4. The van der Waals surface area contributed by atoms with E-state index in [1.54, 1.807) is 12.1 Å². The van der Waals surface area contributed by atoms with Gasteiger partial charge in [0.2, 0.25) is 0 Å². The highest BCUT2D eigenvalue weighted by molar-refractivity contribution is 5.93. The molecule has 2 rings (SSSR count). The Bertz CT molecular complexity index is 455. The van der Waals surface area contributed by atoms with Gasteiger partial charge in [-0.1, -0.05) is 11.6 Å². The van der Waals surface area contributed by atoms with Crippen molar-refractivity contribution in [2.45, 2.75) is 32.1 Å². The zero-order chi connectivity index (χ0) is 12.8. The number of allylic oxidation sites excluding steroid dienone is 1. The van der Waals surface area contributed by atoms with Gasteiger partial charge in [-0.25, -0.2) is 0 Å². The number of pyridine rings is 1. The SMILES string of the molecule is O=C(NCCC1=CCCCC1)c1ccc[n+]([O-])c1. The number of nitrogens with one attached hydrogen (secondary N) is 1.